The molecule has 0 bridgehead atoms. The second-order valence-corrected chi connectivity index (χ2v) is 6.07. The molecule has 0 aliphatic heterocycles. The number of halogens is 1. The summed E-state index contributed by atoms with van der Waals surface area (Å²) in [7, 11) is 0. The van der Waals surface area contributed by atoms with E-state index in [0.29, 0.717) is 0 Å². The van der Waals surface area contributed by atoms with Crippen LogP contribution in [0.15, 0.2) is 36.4 Å². The predicted octanol–water partition coefficient (Wildman–Crippen LogP) is 4.37. The maximum Gasteiger partial charge on any atom is 0.0517 e. The minimum atomic E-state index is 0.146. The first kappa shape index (κ1) is 13.6. The summed E-state index contributed by atoms with van der Waals surface area (Å²) >= 11 is 3.41. The molecule has 0 heterocycles. The van der Waals surface area contributed by atoms with Gasteiger partial charge < -0.3 is 5.32 Å². The van der Waals surface area contributed by atoms with Crippen molar-refractivity contribution in [3.8, 4) is 0 Å². The van der Waals surface area contributed by atoms with Crippen LogP contribution in [0.4, 0.5) is 0 Å². The van der Waals surface area contributed by atoms with Crippen molar-refractivity contribution in [3.05, 3.63) is 47.5 Å². The monoisotopic (exact) mass is 305 g/mol. The highest BCUT2D eigenvalue weighted by Crippen LogP contribution is 2.26. The topological polar surface area (TPSA) is 12.0 Å². The van der Waals surface area contributed by atoms with Crippen LogP contribution in [0.3, 0.4) is 0 Å². The Morgan fingerprint density at radius 2 is 1.72 bits per heavy atom. The minimum Gasteiger partial charge on any atom is -0.306 e. The van der Waals surface area contributed by atoms with Crippen LogP contribution in [0.1, 0.15) is 25.0 Å². The van der Waals surface area contributed by atoms with E-state index in [1.54, 1.807) is 0 Å². The lowest BCUT2D eigenvalue weighted by molar-refractivity contribution is 0.491. The number of hydrogen-bond donors (Lipinski definition) is 1. The van der Waals surface area contributed by atoms with Crippen molar-refractivity contribution in [2.75, 3.05) is 12.0 Å². The third kappa shape index (κ3) is 2.93. The smallest absolute Gasteiger partial charge is 0.0517 e. The van der Waals surface area contributed by atoms with Gasteiger partial charge in [0.2, 0.25) is 0 Å². The first-order valence-electron chi connectivity index (χ1n) is 6.30. The van der Waals surface area contributed by atoms with Gasteiger partial charge >= 0.3 is 0 Å². The van der Waals surface area contributed by atoms with E-state index in [9.17, 15) is 0 Å². The summed E-state index contributed by atoms with van der Waals surface area (Å²) in [6.07, 6.45) is 0. The molecule has 0 aliphatic rings. The van der Waals surface area contributed by atoms with Crippen molar-refractivity contribution in [3.63, 3.8) is 0 Å². The van der Waals surface area contributed by atoms with E-state index in [2.05, 4.69) is 78.4 Å². The highest BCUT2D eigenvalue weighted by Gasteiger charge is 2.20. The normalized spacial score (nSPS) is 12.0. The van der Waals surface area contributed by atoms with Crippen LogP contribution in [0.2, 0.25) is 0 Å². The highest BCUT2D eigenvalue weighted by atomic mass is 79.9. The van der Waals surface area contributed by atoms with Crippen molar-refractivity contribution < 1.29 is 0 Å². The molecule has 0 atom stereocenters. The first-order valence-corrected chi connectivity index (χ1v) is 7.43. The fourth-order valence-electron chi connectivity index (χ4n) is 2.25. The Bertz CT molecular complexity index is 546. The maximum atomic E-state index is 3.41. The molecule has 0 unspecified atom stereocenters. The second-order valence-electron chi connectivity index (χ2n) is 5.51. The molecule has 0 aromatic heterocycles. The molecule has 1 N–H and O–H groups in total. The number of benzene rings is 2. The molecule has 0 fully saturated rings. The van der Waals surface area contributed by atoms with Crippen LogP contribution in [0, 0.1) is 6.92 Å². The van der Waals surface area contributed by atoms with Crippen molar-refractivity contribution >= 4 is 26.7 Å². The van der Waals surface area contributed by atoms with Gasteiger partial charge in [0, 0.05) is 12.0 Å². The largest absolute Gasteiger partial charge is 0.306 e. The van der Waals surface area contributed by atoms with Crippen LogP contribution < -0.4 is 5.32 Å². The van der Waals surface area contributed by atoms with Gasteiger partial charge in [-0.2, -0.15) is 0 Å². The lowest BCUT2D eigenvalue weighted by atomic mass is 9.83. The zero-order chi connectivity index (χ0) is 13.2. The molecule has 2 rings (SSSR count). The summed E-state index contributed by atoms with van der Waals surface area (Å²) in [6.45, 7) is 7.66. The van der Waals surface area contributed by atoms with Crippen LogP contribution in [0.5, 0.6) is 0 Å². The van der Waals surface area contributed by atoms with Gasteiger partial charge in [0.25, 0.3) is 0 Å². The molecule has 96 valence electrons. The lowest BCUT2D eigenvalue weighted by Crippen LogP contribution is -2.32. The van der Waals surface area contributed by atoms with E-state index in [4.69, 9.17) is 0 Å². The van der Waals surface area contributed by atoms with Crippen LogP contribution in [-0.2, 0) is 5.41 Å². The van der Waals surface area contributed by atoms with E-state index >= 15 is 0 Å². The van der Waals surface area contributed by atoms with Crippen LogP contribution >= 0.6 is 15.9 Å². The molecule has 2 aromatic rings. The van der Waals surface area contributed by atoms with E-state index in [0.717, 1.165) is 12.0 Å². The van der Waals surface area contributed by atoms with E-state index in [1.165, 1.54) is 21.9 Å². The molecule has 1 nitrogen and oxygen atoms in total. The average molecular weight is 306 g/mol. The molecule has 2 aromatic carbocycles. The fraction of sp³-hybridized carbons (Fsp3) is 0.375. The maximum absolute atomic E-state index is 3.41. The Morgan fingerprint density at radius 1 is 1.06 bits per heavy atom. The molecule has 0 saturated heterocycles. The number of alkyl halides is 1. The van der Waals surface area contributed by atoms with Crippen LogP contribution in [0.25, 0.3) is 10.8 Å². The van der Waals surface area contributed by atoms with Gasteiger partial charge in [-0.25, -0.2) is 0 Å². The summed E-state index contributed by atoms with van der Waals surface area (Å²) in [5, 5.41) is 6.01. The van der Waals surface area contributed by atoms with Gasteiger partial charge in [-0.15, -0.1) is 0 Å². The molecule has 2 heteroatoms. The van der Waals surface area contributed by atoms with Gasteiger partial charge in [-0.1, -0.05) is 71.7 Å². The first-order chi connectivity index (χ1) is 8.53. The Labute approximate surface area is 118 Å². The number of aryl methyl sites for hydroxylation is 1. The molecular formula is C16H20BrN. The second kappa shape index (κ2) is 5.41. The Hall–Kier alpha value is -0.860. The summed E-state index contributed by atoms with van der Waals surface area (Å²) < 4.78 is 0. The highest BCUT2D eigenvalue weighted by molar-refractivity contribution is 9.09. The summed E-state index contributed by atoms with van der Waals surface area (Å²) in [5.41, 5.74) is 3.68. The summed E-state index contributed by atoms with van der Waals surface area (Å²) in [5.74, 6) is 0. The zero-order valence-electron chi connectivity index (χ0n) is 11.3. The Kier molecular flexibility index (Phi) is 4.08. The quantitative estimate of drug-likeness (QED) is 0.653. The van der Waals surface area contributed by atoms with Crippen molar-refractivity contribution in [2.45, 2.75) is 26.2 Å². The summed E-state index contributed by atoms with van der Waals surface area (Å²) in [4.78, 5) is 0. The standard InChI is InChI=1S/C16H20BrN/c1-12-4-5-14-9-15(7-6-13(14)8-12)16(2,3)10-18-11-17/h4-9,18H,10-11H2,1-3H3. The van der Waals surface area contributed by atoms with Crippen LogP contribution in [-0.4, -0.2) is 12.0 Å². The number of hydrogen-bond acceptors (Lipinski definition) is 1. The van der Waals surface area contributed by atoms with Gasteiger partial charge in [0.05, 0.1) is 5.45 Å². The number of nitrogens with one attached hydrogen (secondary N) is 1. The molecule has 0 aliphatic carbocycles. The molecule has 0 radical (unpaired) electrons. The van der Waals surface area contributed by atoms with Crippen molar-refractivity contribution in [2.24, 2.45) is 0 Å². The zero-order valence-corrected chi connectivity index (χ0v) is 12.8. The molecule has 0 spiro atoms. The minimum absolute atomic E-state index is 0.146. The van der Waals surface area contributed by atoms with Gasteiger partial charge in [-0.3, -0.25) is 0 Å². The third-order valence-corrected chi connectivity index (χ3v) is 3.84. The molecule has 0 saturated carbocycles. The van der Waals surface area contributed by atoms with E-state index in [1.807, 2.05) is 0 Å². The Morgan fingerprint density at radius 3 is 2.44 bits per heavy atom. The van der Waals surface area contributed by atoms with Crippen molar-refractivity contribution in [1.29, 1.82) is 0 Å². The van der Waals surface area contributed by atoms with Crippen molar-refractivity contribution in [1.82, 2.24) is 5.32 Å². The summed E-state index contributed by atoms with van der Waals surface area (Å²) in [6, 6.07) is 13.4. The van der Waals surface area contributed by atoms with E-state index in [-0.39, 0.29) is 5.41 Å². The molecule has 0 amide bonds. The lowest BCUT2D eigenvalue weighted by Gasteiger charge is -2.25. The van der Waals surface area contributed by atoms with Gasteiger partial charge in [0.15, 0.2) is 0 Å². The Balaban J connectivity index is 2.37. The van der Waals surface area contributed by atoms with Gasteiger partial charge in [0.1, 0.15) is 0 Å². The number of fused-ring (bicyclic) bond motifs is 1. The van der Waals surface area contributed by atoms with E-state index < -0.39 is 0 Å². The fourth-order valence-corrected chi connectivity index (χ4v) is 2.45. The molecular weight excluding hydrogens is 286 g/mol. The van der Waals surface area contributed by atoms with Gasteiger partial charge in [-0.05, 0) is 23.3 Å². The third-order valence-electron chi connectivity index (χ3n) is 3.44. The average Bonchev–Trinajstić information content (AvgIpc) is 2.35. The predicted molar refractivity (Wildman–Crippen MR) is 83.5 cm³/mol. The SMILES string of the molecule is Cc1ccc2cc(C(C)(C)CNCBr)ccc2c1. The number of rotatable bonds is 4. The molecule has 18 heavy (non-hydrogen) atoms.